The molecule has 3 nitrogen and oxygen atoms in total. The molecular weight excluding hydrogens is 192 g/mol. The molecule has 2 aliphatic carbocycles. The normalized spacial score (nSPS) is 36.9. The SMILES string of the molecule is COC1(OC)CC2C(=O)CCC(C)(C)C21. The van der Waals surface area contributed by atoms with Crippen LogP contribution in [0.25, 0.3) is 0 Å². The van der Waals surface area contributed by atoms with E-state index in [0.717, 1.165) is 19.3 Å². The topological polar surface area (TPSA) is 35.5 Å². The van der Waals surface area contributed by atoms with E-state index < -0.39 is 5.79 Å². The van der Waals surface area contributed by atoms with Gasteiger partial charge >= 0.3 is 0 Å². The van der Waals surface area contributed by atoms with E-state index in [1.807, 2.05) is 0 Å². The van der Waals surface area contributed by atoms with Gasteiger partial charge in [-0.05, 0) is 11.8 Å². The highest BCUT2D eigenvalue weighted by Gasteiger charge is 2.64. The third kappa shape index (κ3) is 1.36. The van der Waals surface area contributed by atoms with E-state index in [0.29, 0.717) is 5.78 Å². The van der Waals surface area contributed by atoms with E-state index in [-0.39, 0.29) is 17.3 Å². The molecule has 0 aromatic heterocycles. The highest BCUT2D eigenvalue weighted by molar-refractivity contribution is 5.83. The number of hydrogen-bond donors (Lipinski definition) is 0. The van der Waals surface area contributed by atoms with Crippen LogP contribution in [-0.2, 0) is 14.3 Å². The minimum Gasteiger partial charge on any atom is -0.353 e. The minimum atomic E-state index is -0.510. The van der Waals surface area contributed by atoms with E-state index in [1.165, 1.54) is 0 Å². The maximum absolute atomic E-state index is 11.8. The molecule has 0 radical (unpaired) electrons. The number of rotatable bonds is 2. The van der Waals surface area contributed by atoms with Crippen LogP contribution in [0.5, 0.6) is 0 Å². The van der Waals surface area contributed by atoms with Gasteiger partial charge in [-0.3, -0.25) is 4.79 Å². The number of ketones is 1. The fourth-order valence-corrected chi connectivity index (χ4v) is 3.43. The second kappa shape index (κ2) is 3.29. The molecule has 0 saturated heterocycles. The van der Waals surface area contributed by atoms with Crippen LogP contribution in [-0.4, -0.2) is 25.8 Å². The molecule has 0 aliphatic heterocycles. The summed E-state index contributed by atoms with van der Waals surface area (Å²) in [5.41, 5.74) is 0.142. The predicted molar refractivity (Wildman–Crippen MR) is 56.4 cm³/mol. The summed E-state index contributed by atoms with van der Waals surface area (Å²) >= 11 is 0. The van der Waals surface area contributed by atoms with Crippen LogP contribution < -0.4 is 0 Å². The molecule has 0 N–H and O–H groups in total. The maximum atomic E-state index is 11.8. The average molecular weight is 212 g/mol. The molecule has 0 bridgehead atoms. The maximum Gasteiger partial charge on any atom is 0.172 e. The first-order chi connectivity index (χ1) is 6.97. The van der Waals surface area contributed by atoms with E-state index in [2.05, 4.69) is 13.8 Å². The van der Waals surface area contributed by atoms with Crippen LogP contribution in [0.1, 0.15) is 33.1 Å². The van der Waals surface area contributed by atoms with Gasteiger partial charge in [-0.2, -0.15) is 0 Å². The smallest absolute Gasteiger partial charge is 0.172 e. The Morgan fingerprint density at radius 3 is 2.40 bits per heavy atom. The third-order valence-corrected chi connectivity index (χ3v) is 4.34. The molecule has 2 aliphatic rings. The van der Waals surface area contributed by atoms with Gasteiger partial charge < -0.3 is 9.47 Å². The van der Waals surface area contributed by atoms with E-state index in [4.69, 9.17) is 9.47 Å². The van der Waals surface area contributed by atoms with Crippen LogP contribution in [0.3, 0.4) is 0 Å². The van der Waals surface area contributed by atoms with Crippen molar-refractivity contribution in [1.29, 1.82) is 0 Å². The molecule has 2 atom stereocenters. The Morgan fingerprint density at radius 2 is 1.87 bits per heavy atom. The molecule has 2 unspecified atom stereocenters. The summed E-state index contributed by atoms with van der Waals surface area (Å²) in [5.74, 6) is 0.267. The third-order valence-electron chi connectivity index (χ3n) is 4.34. The van der Waals surface area contributed by atoms with Gasteiger partial charge in [0, 0.05) is 38.9 Å². The van der Waals surface area contributed by atoms with Crippen molar-refractivity contribution in [1.82, 2.24) is 0 Å². The fraction of sp³-hybridized carbons (Fsp3) is 0.917. The monoisotopic (exact) mass is 212 g/mol. The van der Waals surface area contributed by atoms with Crippen molar-refractivity contribution in [2.24, 2.45) is 17.3 Å². The average Bonchev–Trinajstić information content (AvgIpc) is 2.13. The fourth-order valence-electron chi connectivity index (χ4n) is 3.43. The van der Waals surface area contributed by atoms with Gasteiger partial charge in [0.2, 0.25) is 0 Å². The zero-order valence-corrected chi connectivity index (χ0v) is 10.0. The molecule has 2 saturated carbocycles. The summed E-state index contributed by atoms with van der Waals surface area (Å²) < 4.78 is 11.0. The van der Waals surface area contributed by atoms with Crippen molar-refractivity contribution in [2.45, 2.75) is 38.9 Å². The Labute approximate surface area is 91.1 Å². The molecule has 3 heteroatoms. The summed E-state index contributed by atoms with van der Waals surface area (Å²) in [4.78, 5) is 11.8. The lowest BCUT2D eigenvalue weighted by molar-refractivity contribution is -0.331. The summed E-state index contributed by atoms with van der Waals surface area (Å²) in [6.07, 6.45) is 2.39. The minimum absolute atomic E-state index is 0.142. The largest absolute Gasteiger partial charge is 0.353 e. The van der Waals surface area contributed by atoms with Crippen molar-refractivity contribution in [3.05, 3.63) is 0 Å². The number of ether oxygens (including phenoxy) is 2. The molecule has 0 amide bonds. The van der Waals surface area contributed by atoms with Gasteiger partial charge in [0.1, 0.15) is 5.78 Å². The van der Waals surface area contributed by atoms with E-state index in [1.54, 1.807) is 14.2 Å². The van der Waals surface area contributed by atoms with Crippen molar-refractivity contribution < 1.29 is 14.3 Å². The second-order valence-electron chi connectivity index (χ2n) is 5.46. The zero-order chi connectivity index (χ0) is 11.3. The lowest BCUT2D eigenvalue weighted by atomic mass is 9.50. The highest BCUT2D eigenvalue weighted by Crippen LogP contribution is 2.59. The van der Waals surface area contributed by atoms with E-state index >= 15 is 0 Å². The van der Waals surface area contributed by atoms with Gasteiger partial charge in [-0.15, -0.1) is 0 Å². The van der Waals surface area contributed by atoms with Crippen molar-refractivity contribution in [3.8, 4) is 0 Å². The van der Waals surface area contributed by atoms with Gasteiger partial charge in [-0.1, -0.05) is 13.8 Å². The standard InChI is InChI=1S/C12H20O3/c1-11(2)6-5-9(13)8-7-12(14-3,15-4)10(8)11/h8,10H,5-7H2,1-4H3. The quantitative estimate of drug-likeness (QED) is 0.657. The van der Waals surface area contributed by atoms with Crippen molar-refractivity contribution in [3.63, 3.8) is 0 Å². The lowest BCUT2D eigenvalue weighted by Gasteiger charge is -2.60. The Balaban J connectivity index is 2.27. The van der Waals surface area contributed by atoms with Crippen LogP contribution >= 0.6 is 0 Å². The lowest BCUT2D eigenvalue weighted by Crippen LogP contribution is -2.65. The van der Waals surface area contributed by atoms with Crippen molar-refractivity contribution in [2.75, 3.05) is 14.2 Å². The number of Topliss-reactive ketones (excluding diaryl/α,β-unsaturated/α-hetero) is 1. The highest BCUT2D eigenvalue weighted by atomic mass is 16.7. The molecule has 86 valence electrons. The molecular formula is C12H20O3. The summed E-state index contributed by atoms with van der Waals surface area (Å²) in [7, 11) is 3.35. The molecule has 15 heavy (non-hydrogen) atoms. The zero-order valence-electron chi connectivity index (χ0n) is 10.0. The first-order valence-electron chi connectivity index (χ1n) is 5.60. The number of carbonyl (C=O) groups excluding carboxylic acids is 1. The van der Waals surface area contributed by atoms with Crippen molar-refractivity contribution >= 4 is 5.78 Å². The van der Waals surface area contributed by atoms with Gasteiger partial charge in [-0.25, -0.2) is 0 Å². The molecule has 0 spiro atoms. The summed E-state index contributed by atoms with van der Waals surface area (Å²) in [6, 6.07) is 0. The Hall–Kier alpha value is -0.410. The van der Waals surface area contributed by atoms with Gasteiger partial charge in [0.15, 0.2) is 5.79 Å². The second-order valence-corrected chi connectivity index (χ2v) is 5.46. The number of methoxy groups -OCH3 is 2. The molecule has 0 heterocycles. The molecule has 2 fully saturated rings. The van der Waals surface area contributed by atoms with Crippen LogP contribution in [0.15, 0.2) is 0 Å². The van der Waals surface area contributed by atoms with Crippen LogP contribution in [0, 0.1) is 17.3 Å². The number of carbonyl (C=O) groups is 1. The first kappa shape index (κ1) is 11.1. The van der Waals surface area contributed by atoms with E-state index in [9.17, 15) is 4.79 Å². The molecule has 0 aromatic carbocycles. The Bertz CT molecular complexity index is 279. The van der Waals surface area contributed by atoms with Crippen LogP contribution in [0.2, 0.25) is 0 Å². The van der Waals surface area contributed by atoms with Gasteiger partial charge in [0.25, 0.3) is 0 Å². The summed E-state index contributed by atoms with van der Waals surface area (Å²) in [5, 5.41) is 0. The van der Waals surface area contributed by atoms with Crippen LogP contribution in [0.4, 0.5) is 0 Å². The Morgan fingerprint density at radius 1 is 1.27 bits per heavy atom. The number of hydrogen-bond acceptors (Lipinski definition) is 3. The summed E-state index contributed by atoms with van der Waals surface area (Å²) in [6.45, 7) is 4.42. The molecule has 0 aromatic rings. The molecule has 2 rings (SSSR count). The first-order valence-corrected chi connectivity index (χ1v) is 5.60. The Kier molecular flexibility index (Phi) is 2.43. The number of fused-ring (bicyclic) bond motifs is 1. The predicted octanol–water partition coefficient (Wildman–Crippen LogP) is 2.00. The van der Waals surface area contributed by atoms with Gasteiger partial charge in [0.05, 0.1) is 0 Å².